The van der Waals surface area contributed by atoms with E-state index in [-0.39, 0.29) is 43.6 Å². The Balaban J connectivity index is 0.00000320. The summed E-state index contributed by atoms with van der Waals surface area (Å²) in [6, 6.07) is 0. The van der Waals surface area contributed by atoms with Crippen molar-refractivity contribution in [2.24, 2.45) is 0 Å². The molecule has 0 saturated heterocycles. The third-order valence-electron chi connectivity index (χ3n) is 4.17. The Kier molecular flexibility index (Phi) is 11.6. The van der Waals surface area contributed by atoms with Crippen molar-refractivity contribution in [1.29, 1.82) is 0 Å². The Morgan fingerprint density at radius 2 is 0.844 bits per heavy atom. The van der Waals surface area contributed by atoms with Crippen LogP contribution in [0.1, 0.15) is 6.42 Å². The van der Waals surface area contributed by atoms with Gasteiger partial charge in [-0.1, -0.05) is 0 Å². The Morgan fingerprint density at radius 1 is 0.531 bits per heavy atom. The quantitative estimate of drug-likeness (QED) is 0.189. The van der Waals surface area contributed by atoms with Gasteiger partial charge in [-0.05, 0) is 0 Å². The van der Waals surface area contributed by atoms with Gasteiger partial charge >= 0.3 is 168 Å². The van der Waals surface area contributed by atoms with Crippen molar-refractivity contribution < 1.29 is 66.9 Å². The van der Waals surface area contributed by atoms with Crippen molar-refractivity contribution in [3.8, 4) is 0 Å². The second-order valence-electron chi connectivity index (χ2n) is 5.87. The standard InChI is InChI=1S/C12BF10.C5H5.3ClH.Zr/c14-3-1(4(15)8(19)11(22)7(3)18)13-2-5(16)9(20)12(23)10(21)6(2)17;1-2-4-5-3-1;;;;/h;1-3H,4H2;3*1H;/q+1;;;;;-1. The molecule has 0 radical (unpaired) electrons. The molecule has 2 aromatic rings. The zero-order valence-electron chi connectivity index (χ0n) is 15.0. The molecule has 0 fully saturated rings. The van der Waals surface area contributed by atoms with Crippen LogP contribution in [-0.2, 0) is 23.0 Å². The molecule has 0 aliphatic heterocycles. The zero-order chi connectivity index (χ0) is 21.6. The van der Waals surface area contributed by atoms with Crippen LogP contribution in [-0.4, -0.2) is 4.25 Å². The molecule has 0 nitrogen and oxygen atoms in total. The van der Waals surface area contributed by atoms with E-state index in [1.54, 1.807) is 6.08 Å². The molecule has 1 aliphatic carbocycles. The normalized spacial score (nSPS) is 11.9. The van der Waals surface area contributed by atoms with Gasteiger partial charge in [0.25, 0.3) is 0 Å². The van der Waals surface area contributed by atoms with Crippen molar-refractivity contribution in [1.82, 2.24) is 0 Å². The summed E-state index contributed by atoms with van der Waals surface area (Å²) >= 11 is -2.70. The maximum atomic E-state index is 14.3. The van der Waals surface area contributed by atoms with Crippen LogP contribution in [0.15, 0.2) is 21.5 Å². The SMILES string of the molecule is Cl.Cl.Cl.Fc1c(F)c(F)c([B]([Zr][C]2=CC=CC2)c2c(F)c(F)c(F)c(F)c2F)c(F)c1F. The minimum absolute atomic E-state index is 0. The fraction of sp³-hybridized carbons (Fsp3) is 0.0588. The first kappa shape index (κ1) is 31.0. The van der Waals surface area contributed by atoms with Crippen LogP contribution in [0.2, 0.25) is 0 Å². The molecule has 174 valence electrons. The molecule has 0 amide bonds. The van der Waals surface area contributed by atoms with E-state index in [0.29, 0.717) is 3.28 Å². The first-order valence-corrected chi connectivity index (χ1v) is 10.4. The van der Waals surface area contributed by atoms with Crippen LogP contribution in [0.5, 0.6) is 0 Å². The summed E-state index contributed by atoms with van der Waals surface area (Å²) in [6.45, 7) is 0. The van der Waals surface area contributed by atoms with Crippen LogP contribution >= 0.6 is 37.2 Å². The summed E-state index contributed by atoms with van der Waals surface area (Å²) < 4.78 is 137. The molecule has 1 aliphatic rings. The molecular formula is C17H8BCl3F10Zr. The number of benzene rings is 2. The number of hydrogen-bond donors (Lipinski definition) is 0. The van der Waals surface area contributed by atoms with Crippen molar-refractivity contribution in [2.75, 3.05) is 0 Å². The molecule has 32 heavy (non-hydrogen) atoms. The third kappa shape index (κ3) is 5.23. The molecule has 2 aromatic carbocycles. The van der Waals surface area contributed by atoms with Gasteiger partial charge < -0.3 is 0 Å². The van der Waals surface area contributed by atoms with Crippen molar-refractivity contribution in [3.63, 3.8) is 0 Å². The summed E-state index contributed by atoms with van der Waals surface area (Å²) in [7, 11) is 0. The summed E-state index contributed by atoms with van der Waals surface area (Å²) in [5.74, 6) is -24.1. The Bertz CT molecular complexity index is 966. The molecule has 0 aromatic heterocycles. The molecule has 0 spiro atoms. The van der Waals surface area contributed by atoms with E-state index in [0.717, 1.165) is 0 Å². The maximum absolute atomic E-state index is 14.3. The molecule has 0 heterocycles. The van der Waals surface area contributed by atoms with Gasteiger partial charge in [0.2, 0.25) is 0 Å². The van der Waals surface area contributed by atoms with E-state index >= 15 is 0 Å². The van der Waals surface area contributed by atoms with Crippen molar-refractivity contribution >= 4 is 52.4 Å². The molecule has 0 saturated carbocycles. The number of allylic oxidation sites excluding steroid dienone is 4. The number of halogens is 13. The predicted octanol–water partition coefficient (Wildman–Crippen LogP) is 5.38. The second-order valence-corrected chi connectivity index (χ2v) is 9.58. The first-order valence-electron chi connectivity index (χ1n) is 7.72. The van der Waals surface area contributed by atoms with Gasteiger partial charge in [0.05, 0.1) is 0 Å². The minimum atomic E-state index is -2.70. The van der Waals surface area contributed by atoms with Gasteiger partial charge in [0.1, 0.15) is 0 Å². The average molecular weight is 611 g/mol. The predicted molar refractivity (Wildman–Crippen MR) is 101 cm³/mol. The monoisotopic (exact) mass is 608 g/mol. The van der Waals surface area contributed by atoms with Gasteiger partial charge in [0.15, 0.2) is 0 Å². The van der Waals surface area contributed by atoms with Gasteiger partial charge in [-0.2, -0.15) is 0 Å². The molecule has 0 bridgehead atoms. The fourth-order valence-electron chi connectivity index (χ4n) is 2.78. The molecule has 0 atom stereocenters. The van der Waals surface area contributed by atoms with E-state index in [2.05, 4.69) is 0 Å². The molecular weight excluding hydrogens is 603 g/mol. The van der Waals surface area contributed by atoms with Crippen LogP contribution in [0.4, 0.5) is 43.9 Å². The van der Waals surface area contributed by atoms with E-state index in [4.69, 9.17) is 0 Å². The van der Waals surface area contributed by atoms with Crippen LogP contribution < -0.4 is 10.9 Å². The van der Waals surface area contributed by atoms with Crippen LogP contribution in [0.25, 0.3) is 0 Å². The first-order chi connectivity index (χ1) is 13.6. The van der Waals surface area contributed by atoms with Gasteiger partial charge in [-0.25, -0.2) is 0 Å². The van der Waals surface area contributed by atoms with E-state index < -0.39 is 96.4 Å². The van der Waals surface area contributed by atoms with Gasteiger partial charge in [0, 0.05) is 0 Å². The third-order valence-corrected chi connectivity index (χ3v) is 8.12. The van der Waals surface area contributed by atoms with Crippen molar-refractivity contribution in [2.45, 2.75) is 6.42 Å². The Morgan fingerprint density at radius 3 is 1.12 bits per heavy atom. The van der Waals surface area contributed by atoms with E-state index in [1.165, 1.54) is 12.2 Å². The van der Waals surface area contributed by atoms with Crippen molar-refractivity contribution in [3.05, 3.63) is 79.7 Å². The fourth-order valence-corrected chi connectivity index (χ4v) is 6.70. The second kappa shape index (κ2) is 12.0. The van der Waals surface area contributed by atoms with Crippen LogP contribution in [0.3, 0.4) is 0 Å². The summed E-state index contributed by atoms with van der Waals surface area (Å²) in [4.78, 5) is 0. The molecule has 0 N–H and O–H groups in total. The molecule has 15 heteroatoms. The molecule has 0 unspecified atom stereocenters. The van der Waals surface area contributed by atoms with Gasteiger partial charge in [-0.3, -0.25) is 0 Å². The average Bonchev–Trinajstić information content (AvgIpc) is 3.21. The van der Waals surface area contributed by atoms with Gasteiger partial charge in [-0.15, -0.1) is 37.2 Å². The Labute approximate surface area is 204 Å². The summed E-state index contributed by atoms with van der Waals surface area (Å²) in [6.07, 6.45) is 4.58. The van der Waals surface area contributed by atoms with Crippen LogP contribution in [0, 0.1) is 58.2 Å². The topological polar surface area (TPSA) is 0 Å². The number of hydrogen-bond acceptors (Lipinski definition) is 0. The van der Waals surface area contributed by atoms with E-state index in [1.807, 2.05) is 0 Å². The summed E-state index contributed by atoms with van der Waals surface area (Å²) in [5, 5.41) is 0. The van der Waals surface area contributed by atoms with E-state index in [9.17, 15) is 43.9 Å². The number of rotatable bonds is 4. The zero-order valence-corrected chi connectivity index (χ0v) is 19.9. The summed E-state index contributed by atoms with van der Waals surface area (Å²) in [5.41, 5.74) is -3.24. The Hall–Kier alpha value is -0.962. The molecule has 3 rings (SSSR count).